The Kier molecular flexibility index (Phi) is 1.62. The zero-order valence-corrected chi connectivity index (χ0v) is 5.44. The van der Waals surface area contributed by atoms with Gasteiger partial charge in [0, 0.05) is 5.56 Å². The van der Waals surface area contributed by atoms with Crippen molar-refractivity contribution in [2.45, 2.75) is 6.92 Å². The van der Waals surface area contributed by atoms with Gasteiger partial charge in [-0.25, -0.2) is 0 Å². The molecule has 0 fully saturated rings. The van der Waals surface area contributed by atoms with Crippen molar-refractivity contribution in [3.05, 3.63) is 34.0 Å². The van der Waals surface area contributed by atoms with E-state index < -0.39 is 4.92 Å². The molecular formula is C6H6N2O2. The van der Waals surface area contributed by atoms with Gasteiger partial charge in [0.1, 0.15) is 6.20 Å². The largest absolute Gasteiger partial charge is 0.366 e. The summed E-state index contributed by atoms with van der Waals surface area (Å²) in [5.74, 6) is -0.0671. The third-order valence-corrected chi connectivity index (χ3v) is 1.15. The van der Waals surface area contributed by atoms with Crippen LogP contribution in [-0.2, 0) is 0 Å². The fourth-order valence-electron chi connectivity index (χ4n) is 0.668. The molecule has 0 aliphatic rings. The molecular weight excluding hydrogens is 132 g/mol. The monoisotopic (exact) mass is 138 g/mol. The fraction of sp³-hybridized carbons (Fsp3) is 0.167. The second-order valence-corrected chi connectivity index (χ2v) is 1.90. The topological polar surface area (TPSA) is 56.0 Å². The van der Waals surface area contributed by atoms with Gasteiger partial charge >= 0.3 is 5.82 Å². The van der Waals surface area contributed by atoms with Gasteiger partial charge in [0.05, 0.1) is 0 Å². The SMILES string of the molecule is Cc1cccnc1[N+](=O)[O-]. The summed E-state index contributed by atoms with van der Waals surface area (Å²) in [5.41, 5.74) is 0.590. The first kappa shape index (κ1) is 6.67. The van der Waals surface area contributed by atoms with Crippen LogP contribution >= 0.6 is 0 Å². The van der Waals surface area contributed by atoms with E-state index in [1.165, 1.54) is 6.20 Å². The molecule has 4 nitrogen and oxygen atoms in total. The molecule has 0 unspecified atom stereocenters. The Morgan fingerprint density at radius 3 is 2.80 bits per heavy atom. The highest BCUT2D eigenvalue weighted by molar-refractivity contribution is 5.29. The molecule has 4 heteroatoms. The minimum atomic E-state index is -0.491. The van der Waals surface area contributed by atoms with Crippen LogP contribution in [0.15, 0.2) is 18.3 Å². The number of hydrogen-bond donors (Lipinski definition) is 0. The third kappa shape index (κ3) is 1.10. The Morgan fingerprint density at radius 2 is 2.40 bits per heavy atom. The summed E-state index contributed by atoms with van der Waals surface area (Å²) in [6, 6.07) is 3.33. The summed E-state index contributed by atoms with van der Waals surface area (Å²) >= 11 is 0. The predicted molar refractivity (Wildman–Crippen MR) is 35.6 cm³/mol. The Bertz CT molecular complexity index is 260. The molecule has 0 aliphatic carbocycles. The molecule has 0 amide bonds. The van der Waals surface area contributed by atoms with E-state index in [2.05, 4.69) is 4.98 Å². The minimum absolute atomic E-state index is 0.0671. The van der Waals surface area contributed by atoms with Crippen LogP contribution in [0.4, 0.5) is 5.82 Å². The average Bonchev–Trinajstić information content (AvgIpc) is 1.88. The van der Waals surface area contributed by atoms with Crippen LogP contribution in [0.2, 0.25) is 0 Å². The fourth-order valence-corrected chi connectivity index (χ4v) is 0.668. The van der Waals surface area contributed by atoms with E-state index in [0.717, 1.165) is 0 Å². The van der Waals surface area contributed by atoms with Crippen molar-refractivity contribution < 1.29 is 4.92 Å². The lowest BCUT2D eigenvalue weighted by Crippen LogP contribution is -1.93. The summed E-state index contributed by atoms with van der Waals surface area (Å²) in [7, 11) is 0. The first-order valence-corrected chi connectivity index (χ1v) is 2.78. The molecule has 1 aromatic rings. The van der Waals surface area contributed by atoms with Crippen LogP contribution in [0.3, 0.4) is 0 Å². The van der Waals surface area contributed by atoms with Crippen molar-refractivity contribution in [3.63, 3.8) is 0 Å². The number of hydrogen-bond acceptors (Lipinski definition) is 3. The molecule has 10 heavy (non-hydrogen) atoms. The number of nitrogens with zero attached hydrogens (tertiary/aromatic N) is 2. The molecule has 1 aromatic heterocycles. The standard InChI is InChI=1S/C6H6N2O2/c1-5-3-2-4-7-6(5)8(9)10/h2-4H,1H3. The van der Waals surface area contributed by atoms with Crippen molar-refractivity contribution in [1.29, 1.82) is 0 Å². The molecule has 0 saturated carbocycles. The maximum absolute atomic E-state index is 10.2. The van der Waals surface area contributed by atoms with Gasteiger partial charge in [-0.3, -0.25) is 0 Å². The van der Waals surface area contributed by atoms with Gasteiger partial charge in [-0.2, -0.15) is 0 Å². The summed E-state index contributed by atoms with van der Waals surface area (Å²) in [6.45, 7) is 1.66. The van der Waals surface area contributed by atoms with Crippen LogP contribution in [0.1, 0.15) is 5.56 Å². The second-order valence-electron chi connectivity index (χ2n) is 1.90. The quantitative estimate of drug-likeness (QED) is 0.434. The van der Waals surface area contributed by atoms with E-state index >= 15 is 0 Å². The summed E-state index contributed by atoms with van der Waals surface area (Å²) < 4.78 is 0. The molecule has 0 atom stereocenters. The molecule has 1 rings (SSSR count). The van der Waals surface area contributed by atoms with Crippen LogP contribution in [0.5, 0.6) is 0 Å². The van der Waals surface area contributed by atoms with Gasteiger partial charge in [0.25, 0.3) is 0 Å². The lowest BCUT2D eigenvalue weighted by molar-refractivity contribution is -0.390. The van der Waals surface area contributed by atoms with Crippen LogP contribution in [0.25, 0.3) is 0 Å². The van der Waals surface area contributed by atoms with Gasteiger partial charge in [-0.1, -0.05) is 0 Å². The highest BCUT2D eigenvalue weighted by Gasteiger charge is 2.07. The van der Waals surface area contributed by atoms with Crippen LogP contribution in [-0.4, -0.2) is 9.91 Å². The van der Waals surface area contributed by atoms with Crippen LogP contribution < -0.4 is 0 Å². The zero-order chi connectivity index (χ0) is 7.56. The molecule has 0 aliphatic heterocycles. The maximum Gasteiger partial charge on any atom is 0.366 e. The smallest absolute Gasteiger partial charge is 0.358 e. The van der Waals surface area contributed by atoms with Crippen molar-refractivity contribution in [1.82, 2.24) is 4.98 Å². The molecule has 0 aromatic carbocycles. The highest BCUT2D eigenvalue weighted by atomic mass is 16.6. The number of rotatable bonds is 1. The predicted octanol–water partition coefficient (Wildman–Crippen LogP) is 1.30. The molecule has 1 heterocycles. The summed E-state index contributed by atoms with van der Waals surface area (Å²) in [5, 5.41) is 10.2. The van der Waals surface area contributed by atoms with E-state index in [0.29, 0.717) is 5.56 Å². The third-order valence-electron chi connectivity index (χ3n) is 1.15. The van der Waals surface area contributed by atoms with Crippen molar-refractivity contribution in [2.75, 3.05) is 0 Å². The van der Waals surface area contributed by atoms with Gasteiger partial charge in [0.2, 0.25) is 0 Å². The van der Waals surface area contributed by atoms with E-state index in [-0.39, 0.29) is 5.82 Å². The first-order valence-electron chi connectivity index (χ1n) is 2.78. The number of aryl methyl sites for hydroxylation is 1. The number of pyridine rings is 1. The lowest BCUT2D eigenvalue weighted by atomic mass is 10.3. The summed E-state index contributed by atoms with van der Waals surface area (Å²) in [6.07, 6.45) is 1.41. The van der Waals surface area contributed by atoms with Crippen LogP contribution in [0, 0.1) is 17.0 Å². The van der Waals surface area contributed by atoms with E-state index in [4.69, 9.17) is 0 Å². The first-order chi connectivity index (χ1) is 4.72. The Morgan fingerprint density at radius 1 is 1.70 bits per heavy atom. The lowest BCUT2D eigenvalue weighted by Gasteiger charge is -1.92. The molecule has 0 saturated heterocycles. The van der Waals surface area contributed by atoms with E-state index in [1.807, 2.05) is 0 Å². The molecule has 0 radical (unpaired) electrons. The normalized spacial score (nSPS) is 9.30. The average molecular weight is 138 g/mol. The number of aromatic nitrogens is 1. The van der Waals surface area contributed by atoms with Crippen molar-refractivity contribution >= 4 is 5.82 Å². The molecule has 0 spiro atoms. The van der Waals surface area contributed by atoms with E-state index in [1.54, 1.807) is 19.1 Å². The molecule has 0 N–H and O–H groups in total. The maximum atomic E-state index is 10.2. The Labute approximate surface area is 57.7 Å². The van der Waals surface area contributed by atoms with Gasteiger partial charge < -0.3 is 10.1 Å². The second kappa shape index (κ2) is 2.43. The molecule has 0 bridgehead atoms. The Balaban J connectivity index is 3.15. The Hall–Kier alpha value is -1.45. The molecule has 52 valence electrons. The van der Waals surface area contributed by atoms with Gasteiger partial charge in [0.15, 0.2) is 0 Å². The zero-order valence-electron chi connectivity index (χ0n) is 5.44. The van der Waals surface area contributed by atoms with Crippen molar-refractivity contribution in [2.24, 2.45) is 0 Å². The van der Waals surface area contributed by atoms with Gasteiger partial charge in [-0.05, 0) is 29.0 Å². The summed E-state index contributed by atoms with van der Waals surface area (Å²) in [4.78, 5) is 13.3. The van der Waals surface area contributed by atoms with Crippen molar-refractivity contribution in [3.8, 4) is 0 Å². The van der Waals surface area contributed by atoms with E-state index in [9.17, 15) is 10.1 Å². The number of nitro groups is 1. The minimum Gasteiger partial charge on any atom is -0.358 e. The van der Waals surface area contributed by atoms with Gasteiger partial charge in [-0.15, -0.1) is 0 Å². The highest BCUT2D eigenvalue weighted by Crippen LogP contribution is 2.10.